The van der Waals surface area contributed by atoms with E-state index in [1.807, 2.05) is 38.7 Å². The van der Waals surface area contributed by atoms with Crippen LogP contribution in [0.5, 0.6) is 0 Å². The molecule has 0 radical (unpaired) electrons. The van der Waals surface area contributed by atoms with Gasteiger partial charge in [0.15, 0.2) is 0 Å². The number of nitriles is 1. The van der Waals surface area contributed by atoms with E-state index in [-0.39, 0.29) is 17.5 Å². The van der Waals surface area contributed by atoms with Crippen LogP contribution >= 0.6 is 0 Å². The number of carbonyl (C=O) groups excluding carboxylic acids is 1. The van der Waals surface area contributed by atoms with E-state index in [1.54, 1.807) is 6.20 Å². The van der Waals surface area contributed by atoms with Crippen LogP contribution < -0.4 is 5.32 Å². The van der Waals surface area contributed by atoms with Crippen molar-refractivity contribution in [2.75, 3.05) is 13.1 Å². The van der Waals surface area contributed by atoms with Crippen molar-refractivity contribution in [2.45, 2.75) is 40.2 Å². The van der Waals surface area contributed by atoms with E-state index in [4.69, 9.17) is 5.26 Å². The number of nitrogens with one attached hydrogen (secondary N) is 1. The van der Waals surface area contributed by atoms with E-state index in [1.165, 1.54) is 0 Å². The molecule has 1 N–H and O–H groups in total. The van der Waals surface area contributed by atoms with Gasteiger partial charge < -0.3 is 10.2 Å². The van der Waals surface area contributed by atoms with Crippen molar-refractivity contribution < 1.29 is 4.79 Å². The van der Waals surface area contributed by atoms with Crippen LogP contribution in [0.25, 0.3) is 0 Å². The molecule has 0 aliphatic carbocycles. The van der Waals surface area contributed by atoms with Gasteiger partial charge in [-0.2, -0.15) is 5.26 Å². The fourth-order valence-electron chi connectivity index (χ4n) is 1.13. The Kier molecular flexibility index (Phi) is 7.02. The fourth-order valence-corrected chi connectivity index (χ4v) is 1.13. The normalized spacial score (nSPS) is 12.8. The topological polar surface area (TPSA) is 56.1 Å². The molecule has 4 nitrogen and oxygen atoms in total. The molecule has 0 rings (SSSR count). The third-order valence-electron chi connectivity index (χ3n) is 2.48. The van der Waals surface area contributed by atoms with E-state index in [9.17, 15) is 4.79 Å². The van der Waals surface area contributed by atoms with Gasteiger partial charge in [0, 0.05) is 25.3 Å². The standard InChI is InChI=1S/C12H21N3O/c1-5-10(4)14-12(16)11(8-13)9-15(6-2)7-3/h9-10H,5-7H2,1-4H3,(H,14,16)/b11-9-. The number of carbonyl (C=O) groups is 1. The van der Waals surface area contributed by atoms with Gasteiger partial charge in [-0.1, -0.05) is 6.92 Å². The fraction of sp³-hybridized carbons (Fsp3) is 0.667. The lowest BCUT2D eigenvalue weighted by atomic mass is 10.2. The van der Waals surface area contributed by atoms with E-state index in [0.29, 0.717) is 0 Å². The van der Waals surface area contributed by atoms with Crippen LogP contribution in [0.2, 0.25) is 0 Å². The summed E-state index contributed by atoms with van der Waals surface area (Å²) in [6.45, 7) is 9.47. The van der Waals surface area contributed by atoms with Crippen LogP contribution in [0, 0.1) is 11.3 Å². The summed E-state index contributed by atoms with van der Waals surface area (Å²) in [5, 5.41) is 11.7. The average Bonchev–Trinajstić information content (AvgIpc) is 2.30. The zero-order chi connectivity index (χ0) is 12.6. The molecule has 90 valence electrons. The van der Waals surface area contributed by atoms with Gasteiger partial charge in [-0.3, -0.25) is 4.79 Å². The third kappa shape index (κ3) is 4.83. The second kappa shape index (κ2) is 7.75. The molecular weight excluding hydrogens is 202 g/mol. The highest BCUT2D eigenvalue weighted by Crippen LogP contribution is 1.99. The van der Waals surface area contributed by atoms with E-state index >= 15 is 0 Å². The first-order valence-electron chi connectivity index (χ1n) is 5.75. The lowest BCUT2D eigenvalue weighted by Gasteiger charge is -2.16. The molecule has 0 saturated carbocycles. The van der Waals surface area contributed by atoms with Crippen molar-refractivity contribution in [1.29, 1.82) is 5.26 Å². The first-order valence-corrected chi connectivity index (χ1v) is 5.75. The molecule has 16 heavy (non-hydrogen) atoms. The summed E-state index contributed by atoms with van der Waals surface area (Å²) in [7, 11) is 0. The minimum Gasteiger partial charge on any atom is -0.377 e. The summed E-state index contributed by atoms with van der Waals surface area (Å²) >= 11 is 0. The zero-order valence-electron chi connectivity index (χ0n) is 10.6. The molecule has 0 aliphatic rings. The van der Waals surface area contributed by atoms with Gasteiger partial charge >= 0.3 is 0 Å². The Balaban J connectivity index is 4.61. The maximum absolute atomic E-state index is 11.7. The van der Waals surface area contributed by atoms with E-state index < -0.39 is 0 Å². The van der Waals surface area contributed by atoms with Crippen molar-refractivity contribution >= 4 is 5.91 Å². The predicted octanol–water partition coefficient (Wildman–Crippen LogP) is 1.65. The SMILES string of the molecule is CCC(C)NC(=O)/C(C#N)=C\N(CC)CC. The third-order valence-corrected chi connectivity index (χ3v) is 2.48. The number of hydrogen-bond acceptors (Lipinski definition) is 3. The van der Waals surface area contributed by atoms with Gasteiger partial charge in [0.05, 0.1) is 0 Å². The lowest BCUT2D eigenvalue weighted by molar-refractivity contribution is -0.117. The average molecular weight is 223 g/mol. The molecule has 0 aliphatic heterocycles. The summed E-state index contributed by atoms with van der Waals surface area (Å²) in [4.78, 5) is 13.6. The second-order valence-electron chi connectivity index (χ2n) is 3.66. The van der Waals surface area contributed by atoms with Crippen LogP contribution in [0.4, 0.5) is 0 Å². The Morgan fingerprint density at radius 3 is 2.38 bits per heavy atom. The Morgan fingerprint density at radius 1 is 1.44 bits per heavy atom. The Hall–Kier alpha value is -1.50. The van der Waals surface area contributed by atoms with Gasteiger partial charge in [0.2, 0.25) is 0 Å². The van der Waals surface area contributed by atoms with Crippen LogP contribution in [-0.4, -0.2) is 29.9 Å². The molecule has 4 heteroatoms. The van der Waals surface area contributed by atoms with Crippen molar-refractivity contribution in [1.82, 2.24) is 10.2 Å². The number of nitrogens with zero attached hydrogens (tertiary/aromatic N) is 2. The highest BCUT2D eigenvalue weighted by molar-refractivity contribution is 5.97. The summed E-state index contributed by atoms with van der Waals surface area (Å²) < 4.78 is 0. The van der Waals surface area contributed by atoms with Crippen LogP contribution in [0.15, 0.2) is 11.8 Å². The molecule has 0 heterocycles. The molecule has 0 spiro atoms. The van der Waals surface area contributed by atoms with Crippen LogP contribution in [0.3, 0.4) is 0 Å². The van der Waals surface area contributed by atoms with Crippen molar-refractivity contribution in [3.05, 3.63) is 11.8 Å². The van der Waals surface area contributed by atoms with E-state index in [0.717, 1.165) is 19.5 Å². The van der Waals surface area contributed by atoms with Crippen molar-refractivity contribution in [3.63, 3.8) is 0 Å². The summed E-state index contributed by atoms with van der Waals surface area (Å²) in [5.74, 6) is -0.288. The van der Waals surface area contributed by atoms with Gasteiger partial charge in [-0.25, -0.2) is 0 Å². The Morgan fingerprint density at radius 2 is 2.00 bits per heavy atom. The predicted molar refractivity (Wildman–Crippen MR) is 64.5 cm³/mol. The molecule has 1 atom stereocenters. The summed E-state index contributed by atoms with van der Waals surface area (Å²) in [6.07, 6.45) is 2.48. The smallest absolute Gasteiger partial charge is 0.263 e. The first-order chi connectivity index (χ1) is 7.58. The maximum atomic E-state index is 11.7. The first kappa shape index (κ1) is 14.5. The monoisotopic (exact) mass is 223 g/mol. The van der Waals surface area contributed by atoms with Gasteiger partial charge in [-0.15, -0.1) is 0 Å². The van der Waals surface area contributed by atoms with Crippen molar-refractivity contribution in [3.8, 4) is 6.07 Å². The minimum atomic E-state index is -0.288. The molecule has 1 amide bonds. The number of hydrogen-bond donors (Lipinski definition) is 1. The van der Waals surface area contributed by atoms with E-state index in [2.05, 4.69) is 5.32 Å². The number of rotatable bonds is 6. The lowest BCUT2D eigenvalue weighted by Crippen LogP contribution is -2.33. The quantitative estimate of drug-likeness (QED) is 0.550. The summed E-state index contributed by atoms with van der Waals surface area (Å²) in [6, 6.07) is 2.04. The molecule has 1 unspecified atom stereocenters. The van der Waals surface area contributed by atoms with Gasteiger partial charge in [0.25, 0.3) is 5.91 Å². The highest BCUT2D eigenvalue weighted by Gasteiger charge is 2.11. The molecule has 0 bridgehead atoms. The highest BCUT2D eigenvalue weighted by atomic mass is 16.1. The molecule has 0 aromatic heterocycles. The maximum Gasteiger partial charge on any atom is 0.263 e. The molecule has 0 saturated heterocycles. The zero-order valence-corrected chi connectivity index (χ0v) is 10.6. The second-order valence-corrected chi connectivity index (χ2v) is 3.66. The molecule has 0 aromatic rings. The van der Waals surface area contributed by atoms with Crippen molar-refractivity contribution in [2.24, 2.45) is 0 Å². The van der Waals surface area contributed by atoms with Gasteiger partial charge in [-0.05, 0) is 27.2 Å². The minimum absolute atomic E-state index is 0.0981. The van der Waals surface area contributed by atoms with Crippen LogP contribution in [-0.2, 0) is 4.79 Å². The molecule has 0 aromatic carbocycles. The number of amides is 1. The Bertz CT molecular complexity index is 287. The van der Waals surface area contributed by atoms with Gasteiger partial charge in [0.1, 0.15) is 11.6 Å². The Labute approximate surface area is 97.9 Å². The van der Waals surface area contributed by atoms with Crippen LogP contribution in [0.1, 0.15) is 34.1 Å². The summed E-state index contributed by atoms with van der Waals surface area (Å²) in [5.41, 5.74) is 0.170. The molecule has 0 fully saturated rings. The largest absolute Gasteiger partial charge is 0.377 e. The molecular formula is C12H21N3O.